The van der Waals surface area contributed by atoms with Gasteiger partial charge in [-0.2, -0.15) is 0 Å². The average Bonchev–Trinajstić information content (AvgIpc) is 2.45. The molecule has 0 aromatic rings. The second-order valence-corrected chi connectivity index (χ2v) is 6.18. The molecule has 1 amide bonds. The Labute approximate surface area is 146 Å². The minimum atomic E-state index is -0.213. The summed E-state index contributed by atoms with van der Waals surface area (Å²) in [4.78, 5) is 14.7. The van der Waals surface area contributed by atoms with Crippen LogP contribution in [0.4, 0.5) is 0 Å². The molecule has 2 aliphatic heterocycles. The van der Waals surface area contributed by atoms with Gasteiger partial charge in [-0.1, -0.05) is 6.42 Å². The van der Waals surface area contributed by atoms with Crippen molar-refractivity contribution < 1.29 is 9.53 Å². The van der Waals surface area contributed by atoms with Gasteiger partial charge in [0.25, 0.3) is 0 Å². The molecule has 5 nitrogen and oxygen atoms in total. The van der Waals surface area contributed by atoms with E-state index in [4.69, 9.17) is 4.74 Å². The lowest BCUT2D eigenvalue weighted by Crippen LogP contribution is -2.57. The van der Waals surface area contributed by atoms with Gasteiger partial charge in [-0.05, 0) is 40.2 Å². The van der Waals surface area contributed by atoms with Crippen LogP contribution in [0, 0.1) is 0 Å². The maximum atomic E-state index is 12.2. The molecule has 4 atom stereocenters. The number of hydrogen-bond donors (Lipinski definition) is 2. The van der Waals surface area contributed by atoms with E-state index in [0.717, 1.165) is 13.1 Å². The number of ether oxygens (including phenoxy) is 1. The number of rotatable bonds is 4. The fourth-order valence-corrected chi connectivity index (χ4v) is 3.28. The summed E-state index contributed by atoms with van der Waals surface area (Å²) >= 11 is 0. The van der Waals surface area contributed by atoms with E-state index in [9.17, 15) is 4.79 Å². The molecule has 7 heteroatoms. The number of halogens is 2. The molecule has 0 aromatic carbocycles. The zero-order chi connectivity index (χ0) is 14.5. The molecule has 0 radical (unpaired) electrons. The van der Waals surface area contributed by atoms with Gasteiger partial charge in [-0.25, -0.2) is 0 Å². The summed E-state index contributed by atoms with van der Waals surface area (Å²) in [5, 5.41) is 6.31. The lowest BCUT2D eigenvalue weighted by Gasteiger charge is -2.38. The Morgan fingerprint density at radius 2 is 2.09 bits per heavy atom. The van der Waals surface area contributed by atoms with Gasteiger partial charge in [0.15, 0.2) is 0 Å². The second kappa shape index (κ2) is 10.7. The molecular weight excluding hydrogens is 325 g/mol. The van der Waals surface area contributed by atoms with E-state index in [0.29, 0.717) is 25.2 Å². The van der Waals surface area contributed by atoms with Gasteiger partial charge in [-0.3, -0.25) is 9.69 Å². The Hall–Kier alpha value is -0.0700. The highest BCUT2D eigenvalue weighted by Crippen LogP contribution is 2.18. The van der Waals surface area contributed by atoms with Crippen molar-refractivity contribution in [3.05, 3.63) is 0 Å². The van der Waals surface area contributed by atoms with Gasteiger partial charge in [0.05, 0.1) is 12.7 Å². The van der Waals surface area contributed by atoms with Crippen molar-refractivity contribution in [1.82, 2.24) is 15.5 Å². The molecule has 2 unspecified atom stereocenters. The van der Waals surface area contributed by atoms with Crippen LogP contribution in [-0.4, -0.2) is 61.3 Å². The number of morpholine rings is 1. The first kappa shape index (κ1) is 21.9. The zero-order valence-corrected chi connectivity index (χ0v) is 15.5. The fourth-order valence-electron chi connectivity index (χ4n) is 3.28. The van der Waals surface area contributed by atoms with Crippen LogP contribution in [0.5, 0.6) is 0 Å². The monoisotopic (exact) mass is 355 g/mol. The third-order valence-corrected chi connectivity index (χ3v) is 4.59. The number of piperidine rings is 1. The van der Waals surface area contributed by atoms with Crippen molar-refractivity contribution in [1.29, 1.82) is 0 Å². The molecule has 2 N–H and O–H groups in total. The summed E-state index contributed by atoms with van der Waals surface area (Å²) in [6.07, 6.45) is 3.83. The molecule has 2 heterocycles. The van der Waals surface area contributed by atoms with Crippen LogP contribution in [0.1, 0.15) is 40.0 Å². The van der Waals surface area contributed by atoms with Gasteiger partial charge >= 0.3 is 0 Å². The van der Waals surface area contributed by atoms with Crippen LogP contribution in [0.15, 0.2) is 0 Å². The number of nitrogens with zero attached hydrogens (tertiary/aromatic N) is 1. The lowest BCUT2D eigenvalue weighted by atomic mass is 10.0. The first-order valence-corrected chi connectivity index (χ1v) is 7.98. The predicted molar refractivity (Wildman–Crippen MR) is 94.2 cm³/mol. The van der Waals surface area contributed by atoms with Crippen LogP contribution in [0.3, 0.4) is 0 Å². The molecule has 132 valence electrons. The van der Waals surface area contributed by atoms with Crippen LogP contribution >= 0.6 is 24.8 Å². The molecule has 0 aromatic heterocycles. The minimum Gasteiger partial charge on any atom is -0.375 e. The SMILES string of the molecule is CC1CCCCN1C(C)CNC(=O)[C@H]1NCCO[C@@H]1C.Cl.Cl. The van der Waals surface area contributed by atoms with Crippen LogP contribution in [0.2, 0.25) is 0 Å². The Balaban J connectivity index is 0.00000220. The Kier molecular flexibility index (Phi) is 10.6. The van der Waals surface area contributed by atoms with Crippen LogP contribution in [-0.2, 0) is 9.53 Å². The molecule has 0 saturated carbocycles. The standard InChI is InChI=1S/C15H29N3O2.2ClH/c1-11-6-4-5-8-18(11)12(2)10-17-15(19)14-13(3)20-9-7-16-14;;/h11-14,16H,4-10H2,1-3H3,(H,17,19);2*1H/t11?,12?,13-,14+;;/m1../s1. The number of nitrogens with one attached hydrogen (secondary N) is 2. The highest BCUT2D eigenvalue weighted by molar-refractivity contribution is 5.85. The molecule has 0 aliphatic carbocycles. The molecule has 22 heavy (non-hydrogen) atoms. The Morgan fingerprint density at radius 1 is 1.36 bits per heavy atom. The van der Waals surface area contributed by atoms with Gasteiger partial charge < -0.3 is 15.4 Å². The highest BCUT2D eigenvalue weighted by atomic mass is 35.5. The van der Waals surface area contributed by atoms with E-state index >= 15 is 0 Å². The van der Waals surface area contributed by atoms with Crippen molar-refractivity contribution in [2.45, 2.75) is 64.3 Å². The highest BCUT2D eigenvalue weighted by Gasteiger charge is 2.29. The lowest BCUT2D eigenvalue weighted by molar-refractivity contribution is -0.129. The molecular formula is C15H31Cl2N3O2. The smallest absolute Gasteiger partial charge is 0.239 e. The van der Waals surface area contributed by atoms with Gasteiger partial charge in [0.2, 0.25) is 5.91 Å². The normalized spacial score (nSPS) is 30.6. The Bertz CT molecular complexity index is 334. The largest absolute Gasteiger partial charge is 0.375 e. The summed E-state index contributed by atoms with van der Waals surface area (Å²) < 4.78 is 5.52. The Morgan fingerprint density at radius 3 is 2.73 bits per heavy atom. The van der Waals surface area contributed by atoms with E-state index in [-0.39, 0.29) is 42.9 Å². The molecule has 2 fully saturated rings. The summed E-state index contributed by atoms with van der Waals surface area (Å²) in [5.74, 6) is 0.0636. The number of amides is 1. The number of carbonyl (C=O) groups excluding carboxylic acids is 1. The first-order chi connectivity index (χ1) is 9.59. The van der Waals surface area contributed by atoms with E-state index in [1.807, 2.05) is 6.92 Å². The average molecular weight is 356 g/mol. The molecule has 2 saturated heterocycles. The fraction of sp³-hybridized carbons (Fsp3) is 0.933. The van der Waals surface area contributed by atoms with Crippen molar-refractivity contribution in [2.75, 3.05) is 26.2 Å². The maximum absolute atomic E-state index is 12.2. The number of hydrogen-bond acceptors (Lipinski definition) is 4. The number of likely N-dealkylation sites (tertiary alicyclic amines) is 1. The third-order valence-electron chi connectivity index (χ3n) is 4.59. The van der Waals surface area contributed by atoms with Gasteiger partial charge in [0, 0.05) is 25.2 Å². The maximum Gasteiger partial charge on any atom is 0.239 e. The first-order valence-electron chi connectivity index (χ1n) is 7.98. The summed E-state index contributed by atoms with van der Waals surface area (Å²) in [5.41, 5.74) is 0. The quantitative estimate of drug-likeness (QED) is 0.803. The van der Waals surface area contributed by atoms with Gasteiger partial charge in [-0.15, -0.1) is 24.8 Å². The van der Waals surface area contributed by atoms with E-state index in [1.54, 1.807) is 0 Å². The van der Waals surface area contributed by atoms with Crippen LogP contribution in [0.25, 0.3) is 0 Å². The van der Waals surface area contributed by atoms with E-state index in [2.05, 4.69) is 29.4 Å². The molecule has 0 bridgehead atoms. The molecule has 2 rings (SSSR count). The topological polar surface area (TPSA) is 53.6 Å². The third kappa shape index (κ3) is 5.85. The molecule has 0 spiro atoms. The van der Waals surface area contributed by atoms with Crippen LogP contribution < -0.4 is 10.6 Å². The van der Waals surface area contributed by atoms with Crippen molar-refractivity contribution in [3.63, 3.8) is 0 Å². The van der Waals surface area contributed by atoms with Gasteiger partial charge in [0.1, 0.15) is 6.04 Å². The zero-order valence-electron chi connectivity index (χ0n) is 13.8. The minimum absolute atomic E-state index is 0. The molecule has 2 aliphatic rings. The van der Waals surface area contributed by atoms with Crippen molar-refractivity contribution >= 4 is 30.7 Å². The summed E-state index contributed by atoms with van der Waals surface area (Å²) in [7, 11) is 0. The number of carbonyl (C=O) groups is 1. The summed E-state index contributed by atoms with van der Waals surface area (Å²) in [6, 6.07) is 0.814. The van der Waals surface area contributed by atoms with Crippen molar-refractivity contribution in [3.8, 4) is 0 Å². The second-order valence-electron chi connectivity index (χ2n) is 6.18. The van der Waals surface area contributed by atoms with Crippen molar-refractivity contribution in [2.24, 2.45) is 0 Å². The van der Waals surface area contributed by atoms with E-state index < -0.39 is 0 Å². The summed E-state index contributed by atoms with van der Waals surface area (Å²) in [6.45, 7) is 9.75. The predicted octanol–water partition coefficient (Wildman–Crippen LogP) is 1.59. The van der Waals surface area contributed by atoms with E-state index in [1.165, 1.54) is 19.3 Å².